The van der Waals surface area contributed by atoms with Crippen LogP contribution in [0.4, 0.5) is 8.78 Å². The first-order valence-corrected chi connectivity index (χ1v) is 6.62. The van der Waals surface area contributed by atoms with Crippen LogP contribution >= 0.6 is 10.7 Å². The lowest BCUT2D eigenvalue weighted by atomic mass is 10.2. The zero-order valence-electron chi connectivity index (χ0n) is 8.85. The zero-order chi connectivity index (χ0) is 13.9. The second kappa shape index (κ2) is 5.37. The van der Waals surface area contributed by atoms with Crippen molar-refractivity contribution in [1.29, 1.82) is 5.26 Å². The molecule has 0 atom stereocenters. The van der Waals surface area contributed by atoms with Gasteiger partial charge in [0.15, 0.2) is 0 Å². The first-order valence-electron chi connectivity index (χ1n) is 4.31. The number of hydrogen-bond donors (Lipinski definition) is 0. The number of nitrogens with zero attached hydrogens (tertiary/aromatic N) is 1. The molecule has 9 heteroatoms. The Hall–Kier alpha value is -1.59. The van der Waals surface area contributed by atoms with E-state index in [9.17, 15) is 17.2 Å². The van der Waals surface area contributed by atoms with Gasteiger partial charge in [0.2, 0.25) is 0 Å². The molecule has 0 bridgehead atoms. The highest BCUT2D eigenvalue weighted by Gasteiger charge is 2.23. The van der Waals surface area contributed by atoms with Gasteiger partial charge in [0.1, 0.15) is 22.5 Å². The predicted molar refractivity (Wildman–Crippen MR) is 57.4 cm³/mol. The highest BCUT2D eigenvalue weighted by Crippen LogP contribution is 2.34. The molecular formula is C9H6ClF2NO4S. The van der Waals surface area contributed by atoms with Crippen molar-refractivity contribution in [2.45, 2.75) is 11.5 Å². The molecule has 1 aromatic rings. The maximum atomic E-state index is 12.1. The van der Waals surface area contributed by atoms with Crippen LogP contribution in [-0.2, 0) is 9.05 Å². The number of hydrogen-bond acceptors (Lipinski definition) is 5. The van der Waals surface area contributed by atoms with Gasteiger partial charge in [0, 0.05) is 22.8 Å². The number of halogens is 3. The maximum Gasteiger partial charge on any atom is 0.387 e. The molecule has 0 aliphatic heterocycles. The third-order valence-corrected chi connectivity index (χ3v) is 3.21. The summed E-state index contributed by atoms with van der Waals surface area (Å²) in [6.45, 7) is -3.25. The summed E-state index contributed by atoms with van der Waals surface area (Å²) >= 11 is 0. The number of methoxy groups -OCH3 is 1. The molecule has 0 radical (unpaired) electrons. The normalized spacial score (nSPS) is 11.1. The van der Waals surface area contributed by atoms with Crippen molar-refractivity contribution in [3.63, 3.8) is 0 Å². The Morgan fingerprint density at radius 2 is 2.00 bits per heavy atom. The standard InChI is InChI=1S/C9H6ClF2NO4S/c1-16-6-3-8(18(10,14)15)7(17-9(11)12)2-5(6)4-13/h2-3,9H,1H3. The Kier molecular flexibility index (Phi) is 4.32. The molecule has 0 aliphatic rings. The van der Waals surface area contributed by atoms with Crippen molar-refractivity contribution in [3.05, 3.63) is 17.7 Å². The lowest BCUT2D eigenvalue weighted by Crippen LogP contribution is -2.07. The third-order valence-electron chi connectivity index (χ3n) is 1.87. The van der Waals surface area contributed by atoms with E-state index >= 15 is 0 Å². The molecule has 0 aromatic heterocycles. The van der Waals surface area contributed by atoms with Gasteiger partial charge in [-0.25, -0.2) is 8.42 Å². The molecule has 0 saturated heterocycles. The quantitative estimate of drug-likeness (QED) is 0.795. The molecule has 0 heterocycles. The molecule has 0 N–H and O–H groups in total. The average Bonchev–Trinajstić information content (AvgIpc) is 2.26. The van der Waals surface area contributed by atoms with Gasteiger partial charge in [-0.05, 0) is 0 Å². The number of rotatable bonds is 4. The highest BCUT2D eigenvalue weighted by atomic mass is 35.7. The van der Waals surface area contributed by atoms with Crippen molar-refractivity contribution < 1.29 is 26.7 Å². The first-order chi connectivity index (χ1) is 8.29. The van der Waals surface area contributed by atoms with Crippen molar-refractivity contribution >= 4 is 19.7 Å². The van der Waals surface area contributed by atoms with E-state index in [2.05, 4.69) is 4.74 Å². The van der Waals surface area contributed by atoms with Crippen LogP contribution < -0.4 is 9.47 Å². The molecule has 5 nitrogen and oxygen atoms in total. The van der Waals surface area contributed by atoms with Crippen LogP contribution in [0.2, 0.25) is 0 Å². The van der Waals surface area contributed by atoms with E-state index in [0.29, 0.717) is 0 Å². The van der Waals surface area contributed by atoms with Gasteiger partial charge in [0.05, 0.1) is 12.7 Å². The Morgan fingerprint density at radius 1 is 1.39 bits per heavy atom. The fourth-order valence-electron chi connectivity index (χ4n) is 1.18. The Labute approximate surface area is 106 Å². The molecule has 18 heavy (non-hydrogen) atoms. The molecule has 0 unspecified atom stereocenters. The van der Waals surface area contributed by atoms with E-state index in [4.69, 9.17) is 20.7 Å². The fourth-order valence-corrected chi connectivity index (χ4v) is 2.13. The molecule has 0 fully saturated rings. The van der Waals surface area contributed by atoms with Gasteiger partial charge in [-0.1, -0.05) is 0 Å². The minimum Gasteiger partial charge on any atom is -0.495 e. The molecule has 0 spiro atoms. The van der Waals surface area contributed by atoms with E-state index in [-0.39, 0.29) is 11.3 Å². The molecule has 0 aliphatic carbocycles. The minimum atomic E-state index is -4.31. The number of alkyl halides is 2. The lowest BCUT2D eigenvalue weighted by molar-refractivity contribution is -0.0517. The molecule has 98 valence electrons. The van der Waals surface area contributed by atoms with Crippen LogP contribution in [0.3, 0.4) is 0 Å². The number of ether oxygens (including phenoxy) is 2. The van der Waals surface area contributed by atoms with Gasteiger partial charge in [-0.15, -0.1) is 0 Å². The topological polar surface area (TPSA) is 76.4 Å². The summed E-state index contributed by atoms with van der Waals surface area (Å²) in [6.07, 6.45) is 0. The fraction of sp³-hybridized carbons (Fsp3) is 0.222. The largest absolute Gasteiger partial charge is 0.495 e. The molecule has 1 rings (SSSR count). The summed E-state index contributed by atoms with van der Waals surface area (Å²) in [5.41, 5.74) is -0.155. The third kappa shape index (κ3) is 3.21. The summed E-state index contributed by atoms with van der Waals surface area (Å²) in [6, 6.07) is 3.32. The van der Waals surface area contributed by atoms with E-state index in [0.717, 1.165) is 12.1 Å². The van der Waals surface area contributed by atoms with Crippen molar-refractivity contribution in [3.8, 4) is 17.6 Å². The van der Waals surface area contributed by atoms with Crippen LogP contribution in [-0.4, -0.2) is 22.1 Å². The Morgan fingerprint density at radius 3 is 2.39 bits per heavy atom. The Bertz CT molecular complexity index is 597. The summed E-state index contributed by atoms with van der Waals surface area (Å²) in [4.78, 5) is -0.694. The van der Waals surface area contributed by atoms with Crippen LogP contribution in [0.1, 0.15) is 5.56 Å². The second-order valence-electron chi connectivity index (χ2n) is 2.93. The van der Waals surface area contributed by atoms with Gasteiger partial charge >= 0.3 is 6.61 Å². The summed E-state index contributed by atoms with van der Waals surface area (Å²) in [5, 5.41) is 8.75. The highest BCUT2D eigenvalue weighted by molar-refractivity contribution is 8.13. The molecule has 1 aromatic carbocycles. The van der Waals surface area contributed by atoms with E-state index in [1.807, 2.05) is 0 Å². The van der Waals surface area contributed by atoms with Crippen LogP contribution in [0.25, 0.3) is 0 Å². The molecule has 0 amide bonds. The van der Waals surface area contributed by atoms with E-state index < -0.39 is 26.3 Å². The minimum absolute atomic E-state index is 0.113. The van der Waals surface area contributed by atoms with Crippen molar-refractivity contribution in [1.82, 2.24) is 0 Å². The van der Waals surface area contributed by atoms with Crippen LogP contribution in [0.15, 0.2) is 17.0 Å². The smallest absolute Gasteiger partial charge is 0.387 e. The molecule has 0 saturated carbocycles. The summed E-state index contributed by atoms with van der Waals surface area (Å²) in [5.74, 6) is -0.823. The SMILES string of the molecule is COc1cc(S(=O)(=O)Cl)c(OC(F)F)cc1C#N. The maximum absolute atomic E-state index is 12.1. The summed E-state index contributed by atoms with van der Waals surface area (Å²) in [7, 11) is 1.96. The van der Waals surface area contributed by atoms with Gasteiger partial charge in [0.25, 0.3) is 9.05 Å². The average molecular weight is 298 g/mol. The van der Waals surface area contributed by atoms with Gasteiger partial charge in [-0.3, -0.25) is 0 Å². The van der Waals surface area contributed by atoms with E-state index in [1.54, 1.807) is 6.07 Å². The van der Waals surface area contributed by atoms with Gasteiger partial charge in [-0.2, -0.15) is 14.0 Å². The second-order valence-corrected chi connectivity index (χ2v) is 5.46. The van der Waals surface area contributed by atoms with Crippen molar-refractivity contribution in [2.75, 3.05) is 7.11 Å². The Balaban J connectivity index is 3.52. The van der Waals surface area contributed by atoms with Crippen LogP contribution in [0, 0.1) is 11.3 Å². The first kappa shape index (κ1) is 14.5. The lowest BCUT2D eigenvalue weighted by Gasteiger charge is -2.11. The predicted octanol–water partition coefficient (Wildman–Crippen LogP) is 2.10. The number of nitriles is 1. The van der Waals surface area contributed by atoms with Crippen molar-refractivity contribution in [2.24, 2.45) is 0 Å². The molecular weight excluding hydrogens is 292 g/mol. The zero-order valence-corrected chi connectivity index (χ0v) is 10.4. The van der Waals surface area contributed by atoms with Crippen LogP contribution in [0.5, 0.6) is 11.5 Å². The van der Waals surface area contributed by atoms with E-state index in [1.165, 1.54) is 7.11 Å². The van der Waals surface area contributed by atoms with Gasteiger partial charge < -0.3 is 9.47 Å². The number of benzene rings is 1. The monoisotopic (exact) mass is 297 g/mol. The summed E-state index contributed by atoms with van der Waals surface area (Å²) < 4.78 is 55.4.